The van der Waals surface area contributed by atoms with Crippen LogP contribution in [0.15, 0.2) is 18.2 Å². The van der Waals surface area contributed by atoms with Crippen LogP contribution in [-0.2, 0) is 9.53 Å². The lowest BCUT2D eigenvalue weighted by Gasteiger charge is -2.30. The molecule has 1 aliphatic heterocycles. The lowest BCUT2D eigenvalue weighted by Crippen LogP contribution is -2.42. The van der Waals surface area contributed by atoms with Gasteiger partial charge in [0, 0.05) is 12.5 Å². The van der Waals surface area contributed by atoms with Gasteiger partial charge in [0.15, 0.2) is 0 Å². The molecule has 1 aliphatic carbocycles. The maximum Gasteiger partial charge on any atom is 0.342 e. The van der Waals surface area contributed by atoms with Gasteiger partial charge in [0.25, 0.3) is 0 Å². The molecule has 2 aromatic rings. The quantitative estimate of drug-likeness (QED) is 0.676. The molecule has 0 bridgehead atoms. The van der Waals surface area contributed by atoms with Crippen LogP contribution < -0.4 is 10.5 Å². The second-order valence-corrected chi connectivity index (χ2v) is 8.83. The zero-order chi connectivity index (χ0) is 22.7. The first kappa shape index (κ1) is 22.4. The largest absolute Gasteiger partial charge is 0.491 e. The van der Waals surface area contributed by atoms with E-state index in [4.69, 9.17) is 15.2 Å². The van der Waals surface area contributed by atoms with E-state index in [1.54, 1.807) is 13.8 Å². The number of carbonyl (C=O) groups excluding carboxylic acids is 2. The van der Waals surface area contributed by atoms with Crippen molar-refractivity contribution >= 4 is 28.5 Å². The van der Waals surface area contributed by atoms with Gasteiger partial charge in [-0.15, -0.1) is 0 Å². The third-order valence-electron chi connectivity index (χ3n) is 6.72. The van der Waals surface area contributed by atoms with Gasteiger partial charge < -0.3 is 20.1 Å². The molecule has 32 heavy (non-hydrogen) atoms. The van der Waals surface area contributed by atoms with Crippen LogP contribution in [0.4, 0.5) is 5.69 Å². The van der Waals surface area contributed by atoms with E-state index in [0.29, 0.717) is 34.6 Å². The number of ether oxygens (including phenoxy) is 2. The molecular formula is C25H33N3O4. The lowest BCUT2D eigenvalue weighted by molar-refractivity contribution is -0.137. The Morgan fingerprint density at radius 1 is 1.16 bits per heavy atom. The van der Waals surface area contributed by atoms with E-state index in [2.05, 4.69) is 4.98 Å². The van der Waals surface area contributed by atoms with E-state index in [9.17, 15) is 9.59 Å². The van der Waals surface area contributed by atoms with Crippen molar-refractivity contribution in [3.63, 3.8) is 0 Å². The molecule has 1 amide bonds. The number of amides is 1. The van der Waals surface area contributed by atoms with Crippen molar-refractivity contribution in [2.45, 2.75) is 64.8 Å². The number of fused-ring (bicyclic) bond motifs is 1. The molecule has 1 saturated carbocycles. The minimum atomic E-state index is -0.480. The van der Waals surface area contributed by atoms with Crippen molar-refractivity contribution in [3.05, 3.63) is 29.5 Å². The highest BCUT2D eigenvalue weighted by Crippen LogP contribution is 2.35. The Kier molecular flexibility index (Phi) is 6.82. The van der Waals surface area contributed by atoms with Crippen LogP contribution in [0.2, 0.25) is 0 Å². The first-order chi connectivity index (χ1) is 15.5. The number of hydrogen-bond donors (Lipinski definition) is 1. The van der Waals surface area contributed by atoms with Crippen LogP contribution in [0.1, 0.15) is 67.9 Å². The summed E-state index contributed by atoms with van der Waals surface area (Å²) in [5, 5.41) is 0.615. The number of nitrogens with two attached hydrogens (primary N) is 1. The molecule has 2 N–H and O–H groups in total. The van der Waals surface area contributed by atoms with Crippen LogP contribution in [0.5, 0.6) is 5.75 Å². The number of pyridine rings is 1. The summed E-state index contributed by atoms with van der Waals surface area (Å²) in [6.45, 7) is 4.98. The number of aromatic nitrogens is 1. The van der Waals surface area contributed by atoms with E-state index in [0.717, 1.165) is 45.1 Å². The van der Waals surface area contributed by atoms with Crippen molar-refractivity contribution in [1.29, 1.82) is 0 Å². The van der Waals surface area contributed by atoms with Gasteiger partial charge in [-0.25, -0.2) is 4.79 Å². The van der Waals surface area contributed by atoms with E-state index in [-0.39, 0.29) is 30.0 Å². The van der Waals surface area contributed by atoms with Gasteiger partial charge in [0.05, 0.1) is 34.9 Å². The van der Waals surface area contributed by atoms with Crippen molar-refractivity contribution in [3.8, 4) is 5.75 Å². The molecule has 1 aromatic heterocycles. The van der Waals surface area contributed by atoms with Crippen LogP contribution in [0.25, 0.3) is 10.9 Å². The molecule has 172 valence electrons. The lowest BCUT2D eigenvalue weighted by atomic mass is 9.88. The second-order valence-electron chi connectivity index (χ2n) is 8.83. The highest BCUT2D eigenvalue weighted by Gasteiger charge is 2.34. The van der Waals surface area contributed by atoms with Gasteiger partial charge >= 0.3 is 5.97 Å². The molecule has 0 spiro atoms. The molecule has 0 radical (unpaired) electrons. The topological polar surface area (TPSA) is 94.8 Å². The monoisotopic (exact) mass is 439 g/mol. The number of nitrogen functional groups attached to an aromatic ring is 1. The summed E-state index contributed by atoms with van der Waals surface area (Å²) >= 11 is 0. The molecule has 2 fully saturated rings. The van der Waals surface area contributed by atoms with Gasteiger partial charge in [0.2, 0.25) is 5.91 Å². The van der Waals surface area contributed by atoms with Gasteiger partial charge in [-0.3, -0.25) is 9.78 Å². The second kappa shape index (κ2) is 9.76. The number of aryl methyl sites for hydroxylation is 1. The smallest absolute Gasteiger partial charge is 0.342 e. The Bertz CT molecular complexity index is 1000. The zero-order valence-corrected chi connectivity index (χ0v) is 19.1. The summed E-state index contributed by atoms with van der Waals surface area (Å²) in [6, 6.07) is 5.62. The van der Waals surface area contributed by atoms with Crippen LogP contribution in [0.3, 0.4) is 0 Å². The first-order valence-electron chi connectivity index (χ1n) is 11.8. The SMILES string of the molecule is CCOC(=O)c1c(C)nc2cccc(OCC3CCCN3C(=O)C3CCCCC3)c2c1N. The summed E-state index contributed by atoms with van der Waals surface area (Å²) in [7, 11) is 0. The third-order valence-corrected chi connectivity index (χ3v) is 6.72. The first-order valence-corrected chi connectivity index (χ1v) is 11.8. The minimum absolute atomic E-state index is 0.0591. The predicted molar refractivity (Wildman–Crippen MR) is 124 cm³/mol. The highest BCUT2D eigenvalue weighted by molar-refractivity contribution is 6.07. The Labute approximate surface area is 189 Å². The maximum absolute atomic E-state index is 13.1. The number of anilines is 1. The van der Waals surface area contributed by atoms with E-state index >= 15 is 0 Å². The standard InChI is InChI=1S/C25H33N3O4/c1-3-31-25(30)21-16(2)27-19-12-7-13-20(22(19)23(21)26)32-15-18-11-8-14-28(18)24(29)17-9-5-4-6-10-17/h7,12-13,17-18H,3-6,8-11,14-15H2,1-2H3,(H2,26,27). The molecule has 4 rings (SSSR count). The van der Waals surface area contributed by atoms with Crippen molar-refractivity contribution in [2.24, 2.45) is 5.92 Å². The fourth-order valence-corrected chi connectivity index (χ4v) is 5.09. The minimum Gasteiger partial charge on any atom is -0.491 e. The molecule has 2 heterocycles. The molecule has 7 nitrogen and oxygen atoms in total. The number of rotatable bonds is 6. The number of nitrogens with zero attached hydrogens (tertiary/aromatic N) is 2. The summed E-state index contributed by atoms with van der Waals surface area (Å²) in [4.78, 5) is 32.1. The fourth-order valence-electron chi connectivity index (χ4n) is 5.09. The van der Waals surface area contributed by atoms with E-state index in [1.807, 2.05) is 23.1 Å². The molecule has 2 aliphatic rings. The Morgan fingerprint density at radius 2 is 1.94 bits per heavy atom. The predicted octanol–water partition coefficient (Wildman–Crippen LogP) is 4.25. The Hall–Kier alpha value is -2.83. The Balaban J connectivity index is 1.55. The molecule has 1 unspecified atom stereocenters. The summed E-state index contributed by atoms with van der Waals surface area (Å²) in [6.07, 6.45) is 7.48. The number of likely N-dealkylation sites (tertiary alicyclic amines) is 1. The molecular weight excluding hydrogens is 406 g/mol. The molecule has 7 heteroatoms. The van der Waals surface area contributed by atoms with Gasteiger partial charge in [-0.2, -0.15) is 0 Å². The number of carbonyl (C=O) groups is 2. The Morgan fingerprint density at radius 3 is 2.69 bits per heavy atom. The van der Waals surface area contributed by atoms with Crippen molar-refractivity contribution in [1.82, 2.24) is 9.88 Å². The summed E-state index contributed by atoms with van der Waals surface area (Å²) in [5.41, 5.74) is 8.23. The van der Waals surface area contributed by atoms with E-state index in [1.165, 1.54) is 6.42 Å². The normalized spacial score (nSPS) is 19.3. The number of hydrogen-bond acceptors (Lipinski definition) is 6. The van der Waals surface area contributed by atoms with Gasteiger partial charge in [-0.1, -0.05) is 25.3 Å². The number of benzene rings is 1. The molecule has 1 saturated heterocycles. The summed E-state index contributed by atoms with van der Waals surface area (Å²) in [5.74, 6) is 0.550. The summed E-state index contributed by atoms with van der Waals surface area (Å²) < 4.78 is 11.4. The zero-order valence-electron chi connectivity index (χ0n) is 19.1. The van der Waals surface area contributed by atoms with E-state index < -0.39 is 5.97 Å². The maximum atomic E-state index is 13.1. The van der Waals surface area contributed by atoms with Gasteiger partial charge in [-0.05, 0) is 51.7 Å². The third kappa shape index (κ3) is 4.38. The molecule has 1 aromatic carbocycles. The highest BCUT2D eigenvalue weighted by atomic mass is 16.5. The average molecular weight is 440 g/mol. The number of esters is 1. The van der Waals surface area contributed by atoms with Gasteiger partial charge in [0.1, 0.15) is 17.9 Å². The van der Waals surface area contributed by atoms with Crippen LogP contribution >= 0.6 is 0 Å². The van der Waals surface area contributed by atoms with Crippen LogP contribution in [-0.4, -0.2) is 47.6 Å². The van der Waals surface area contributed by atoms with Crippen LogP contribution in [0, 0.1) is 12.8 Å². The molecule has 1 atom stereocenters. The van der Waals surface area contributed by atoms with Crippen molar-refractivity contribution in [2.75, 3.05) is 25.5 Å². The fraction of sp³-hybridized carbons (Fsp3) is 0.560. The average Bonchev–Trinajstić information content (AvgIpc) is 3.26. The van der Waals surface area contributed by atoms with Crippen molar-refractivity contribution < 1.29 is 19.1 Å².